The smallest absolute Gasteiger partial charge is 0.407 e. The van der Waals surface area contributed by atoms with E-state index in [4.69, 9.17) is 5.11 Å². The Kier molecular flexibility index (Phi) is 2.70. The highest BCUT2D eigenvalue weighted by atomic mass is 32.1. The highest BCUT2D eigenvalue weighted by Gasteiger charge is 2.31. The van der Waals surface area contributed by atoms with Gasteiger partial charge in [0.15, 0.2) is 16.7 Å². The van der Waals surface area contributed by atoms with Crippen molar-refractivity contribution in [3.05, 3.63) is 11.6 Å². The van der Waals surface area contributed by atoms with Crippen molar-refractivity contribution in [3.63, 3.8) is 0 Å². The van der Waals surface area contributed by atoms with Crippen LogP contribution in [0.5, 0.6) is 0 Å². The standard InChI is InChI=1S/C10H12N6O2S/c1-5-7-12-13-8(9-11-6(2)14-19-9)16(7)4-3-15(5)10(17)18/h5H,3-4H2,1-2H3,(H,17,18)/t5-/m1/s1. The summed E-state index contributed by atoms with van der Waals surface area (Å²) in [5.41, 5.74) is 0. The van der Waals surface area contributed by atoms with Gasteiger partial charge in [-0.3, -0.25) is 4.90 Å². The van der Waals surface area contributed by atoms with Crippen LogP contribution in [0.15, 0.2) is 0 Å². The van der Waals surface area contributed by atoms with Crippen molar-refractivity contribution in [3.8, 4) is 10.8 Å². The third-order valence-electron chi connectivity index (χ3n) is 3.15. The molecule has 100 valence electrons. The van der Waals surface area contributed by atoms with Crippen molar-refractivity contribution in [2.24, 2.45) is 0 Å². The Hall–Kier alpha value is -2.03. The van der Waals surface area contributed by atoms with Gasteiger partial charge in [-0.15, -0.1) is 10.2 Å². The molecule has 9 heteroatoms. The van der Waals surface area contributed by atoms with E-state index in [1.54, 1.807) is 0 Å². The van der Waals surface area contributed by atoms with Crippen molar-refractivity contribution in [2.75, 3.05) is 6.54 Å². The average Bonchev–Trinajstić information content (AvgIpc) is 2.95. The van der Waals surface area contributed by atoms with Crippen molar-refractivity contribution in [1.29, 1.82) is 0 Å². The Balaban J connectivity index is 2.01. The van der Waals surface area contributed by atoms with Gasteiger partial charge < -0.3 is 9.67 Å². The molecule has 0 bridgehead atoms. The normalized spacial score (nSPS) is 18.4. The molecule has 0 fully saturated rings. The fraction of sp³-hybridized carbons (Fsp3) is 0.500. The fourth-order valence-electron chi connectivity index (χ4n) is 2.19. The summed E-state index contributed by atoms with van der Waals surface area (Å²) >= 11 is 1.27. The van der Waals surface area contributed by atoms with Crippen molar-refractivity contribution in [1.82, 2.24) is 29.0 Å². The number of fused-ring (bicyclic) bond motifs is 1. The Morgan fingerprint density at radius 1 is 1.42 bits per heavy atom. The Morgan fingerprint density at radius 2 is 2.21 bits per heavy atom. The van der Waals surface area contributed by atoms with Gasteiger partial charge in [0.2, 0.25) is 0 Å². The van der Waals surface area contributed by atoms with Crippen molar-refractivity contribution >= 4 is 17.6 Å². The first-order valence-electron chi connectivity index (χ1n) is 5.81. The first-order valence-corrected chi connectivity index (χ1v) is 6.58. The number of nitrogens with zero attached hydrogens (tertiary/aromatic N) is 6. The molecule has 1 aliphatic heterocycles. The molecule has 3 heterocycles. The second-order valence-corrected chi connectivity index (χ2v) is 5.08. The van der Waals surface area contributed by atoms with Crippen LogP contribution in [-0.4, -0.2) is 46.8 Å². The highest BCUT2D eigenvalue weighted by Crippen LogP contribution is 2.28. The maximum atomic E-state index is 11.1. The molecule has 0 saturated carbocycles. The lowest BCUT2D eigenvalue weighted by Crippen LogP contribution is -2.40. The van der Waals surface area contributed by atoms with E-state index < -0.39 is 6.09 Å². The molecule has 1 atom stereocenters. The lowest BCUT2D eigenvalue weighted by molar-refractivity contribution is 0.113. The number of hydrogen-bond donors (Lipinski definition) is 1. The van der Waals surface area contributed by atoms with Crippen LogP contribution < -0.4 is 0 Å². The zero-order valence-corrected chi connectivity index (χ0v) is 11.3. The number of carboxylic acid groups (broad SMARTS) is 1. The van der Waals surface area contributed by atoms with E-state index in [0.717, 1.165) is 0 Å². The van der Waals surface area contributed by atoms with Crippen LogP contribution in [-0.2, 0) is 6.54 Å². The molecule has 0 aromatic carbocycles. The Bertz CT molecular complexity index is 636. The molecule has 0 spiro atoms. The van der Waals surface area contributed by atoms with Crippen LogP contribution in [0.4, 0.5) is 4.79 Å². The fourth-order valence-corrected chi connectivity index (χ4v) is 2.86. The van der Waals surface area contributed by atoms with Gasteiger partial charge in [-0.2, -0.15) is 4.37 Å². The van der Waals surface area contributed by atoms with Crippen LogP contribution in [0.3, 0.4) is 0 Å². The van der Waals surface area contributed by atoms with Gasteiger partial charge in [0.1, 0.15) is 5.82 Å². The van der Waals surface area contributed by atoms with E-state index in [1.807, 2.05) is 18.4 Å². The molecule has 1 amide bonds. The first kappa shape index (κ1) is 12.0. The molecule has 19 heavy (non-hydrogen) atoms. The third kappa shape index (κ3) is 1.86. The van der Waals surface area contributed by atoms with E-state index in [9.17, 15) is 4.79 Å². The number of aryl methyl sites for hydroxylation is 1. The van der Waals surface area contributed by atoms with Gasteiger partial charge in [0, 0.05) is 13.1 Å². The molecule has 1 N–H and O–H groups in total. The van der Waals surface area contributed by atoms with Gasteiger partial charge >= 0.3 is 6.09 Å². The average molecular weight is 280 g/mol. The van der Waals surface area contributed by atoms with Gasteiger partial charge in [-0.05, 0) is 25.4 Å². The molecular weight excluding hydrogens is 268 g/mol. The minimum Gasteiger partial charge on any atom is -0.465 e. The minimum absolute atomic E-state index is 0.304. The Morgan fingerprint density at radius 3 is 2.84 bits per heavy atom. The highest BCUT2D eigenvalue weighted by molar-refractivity contribution is 7.09. The monoisotopic (exact) mass is 280 g/mol. The molecule has 8 nitrogen and oxygen atoms in total. The molecule has 1 aliphatic rings. The molecule has 0 saturated heterocycles. The molecule has 3 rings (SSSR count). The van der Waals surface area contributed by atoms with E-state index in [1.165, 1.54) is 16.4 Å². The summed E-state index contributed by atoms with van der Waals surface area (Å²) in [6, 6.07) is -0.304. The SMILES string of the molecule is Cc1nsc(-c2nnc3n2CCN(C(=O)O)[C@@H]3C)n1. The molecule has 0 aliphatic carbocycles. The topological polar surface area (TPSA) is 97.0 Å². The maximum absolute atomic E-state index is 11.1. The van der Waals surface area contributed by atoms with Crippen LogP contribution >= 0.6 is 11.5 Å². The zero-order chi connectivity index (χ0) is 13.6. The number of hydrogen-bond acceptors (Lipinski definition) is 6. The summed E-state index contributed by atoms with van der Waals surface area (Å²) in [6.45, 7) is 4.59. The van der Waals surface area contributed by atoms with Gasteiger partial charge in [-0.25, -0.2) is 9.78 Å². The van der Waals surface area contributed by atoms with E-state index in [2.05, 4.69) is 19.6 Å². The molecule has 2 aromatic heterocycles. The van der Waals surface area contributed by atoms with Gasteiger partial charge in [0.05, 0.1) is 6.04 Å². The zero-order valence-electron chi connectivity index (χ0n) is 10.4. The summed E-state index contributed by atoms with van der Waals surface area (Å²) in [7, 11) is 0. The van der Waals surface area contributed by atoms with Crippen LogP contribution in [0, 0.1) is 6.92 Å². The quantitative estimate of drug-likeness (QED) is 0.841. The molecule has 2 aromatic rings. The third-order valence-corrected chi connectivity index (χ3v) is 3.95. The predicted molar refractivity (Wildman–Crippen MR) is 66.8 cm³/mol. The molecule has 0 radical (unpaired) electrons. The largest absolute Gasteiger partial charge is 0.465 e. The van der Waals surface area contributed by atoms with E-state index in [-0.39, 0.29) is 6.04 Å². The van der Waals surface area contributed by atoms with Crippen molar-refractivity contribution < 1.29 is 9.90 Å². The maximum Gasteiger partial charge on any atom is 0.407 e. The van der Waals surface area contributed by atoms with Crippen LogP contribution in [0.1, 0.15) is 24.6 Å². The lowest BCUT2D eigenvalue weighted by atomic mass is 10.2. The van der Waals surface area contributed by atoms with Gasteiger partial charge in [0.25, 0.3) is 0 Å². The molecule has 0 unspecified atom stereocenters. The van der Waals surface area contributed by atoms with Crippen LogP contribution in [0.25, 0.3) is 10.8 Å². The second kappa shape index (κ2) is 4.26. The summed E-state index contributed by atoms with van der Waals surface area (Å²) in [5, 5.41) is 18.1. The van der Waals surface area contributed by atoms with Crippen LogP contribution in [0.2, 0.25) is 0 Å². The number of amides is 1. The second-order valence-electron chi connectivity index (χ2n) is 4.33. The molecular formula is C10H12N6O2S. The summed E-state index contributed by atoms with van der Waals surface area (Å²) < 4.78 is 6.05. The lowest BCUT2D eigenvalue weighted by Gasteiger charge is -2.31. The predicted octanol–water partition coefficient (Wildman–Crippen LogP) is 1.16. The van der Waals surface area contributed by atoms with E-state index in [0.29, 0.717) is 35.6 Å². The number of carbonyl (C=O) groups is 1. The Labute approximate surface area is 112 Å². The first-order chi connectivity index (χ1) is 9.08. The van der Waals surface area contributed by atoms with E-state index >= 15 is 0 Å². The summed E-state index contributed by atoms with van der Waals surface area (Å²) in [4.78, 5) is 16.8. The minimum atomic E-state index is -0.935. The summed E-state index contributed by atoms with van der Waals surface area (Å²) in [6.07, 6.45) is -0.935. The summed E-state index contributed by atoms with van der Waals surface area (Å²) in [5.74, 6) is 2.02. The van der Waals surface area contributed by atoms with Crippen molar-refractivity contribution in [2.45, 2.75) is 26.4 Å². The number of aromatic nitrogens is 5. The van der Waals surface area contributed by atoms with Gasteiger partial charge in [-0.1, -0.05) is 0 Å². The number of rotatable bonds is 1.